The Kier molecular flexibility index (Phi) is 5.68. The van der Waals surface area contributed by atoms with Gasteiger partial charge in [0.2, 0.25) is 0 Å². The Bertz CT molecular complexity index is 1080. The van der Waals surface area contributed by atoms with Crippen molar-refractivity contribution >= 4 is 34.6 Å². The van der Waals surface area contributed by atoms with E-state index in [0.717, 1.165) is 0 Å². The van der Waals surface area contributed by atoms with Crippen LogP contribution in [-0.2, 0) is 6.54 Å². The number of nitrogens with one attached hydrogen (secondary N) is 1. The van der Waals surface area contributed by atoms with Crippen molar-refractivity contribution in [2.24, 2.45) is 10.7 Å². The molecule has 0 amide bonds. The number of hydrogen-bond donors (Lipinski definition) is 2. The van der Waals surface area contributed by atoms with Crippen LogP contribution in [0.2, 0.25) is 10.2 Å². The Morgan fingerprint density at radius 2 is 2.11 bits per heavy atom. The molecule has 7 nitrogen and oxygen atoms in total. The largest absolute Gasteiger partial charge is 0.396 e. The standard InChI is InChI=1S/C17H12Cl2FN5O2/c18-14-15(19)23-16(24-17(14)26)11(21)7-13(12-5-6-27-25-12)22-8-9-3-1-2-4-10(9)20/h1-7H,8,21H2,(H,23,24,26)/b11-7-,22-13?. The van der Waals surface area contributed by atoms with Crippen molar-refractivity contribution in [3.05, 3.63) is 86.1 Å². The lowest BCUT2D eigenvalue weighted by Gasteiger charge is -2.04. The van der Waals surface area contributed by atoms with Crippen LogP contribution in [0.5, 0.6) is 0 Å². The fourth-order valence-corrected chi connectivity index (χ4v) is 2.39. The Morgan fingerprint density at radius 1 is 1.33 bits per heavy atom. The van der Waals surface area contributed by atoms with Crippen LogP contribution >= 0.6 is 23.2 Å². The molecule has 0 spiro atoms. The van der Waals surface area contributed by atoms with Crippen molar-refractivity contribution in [2.75, 3.05) is 0 Å². The van der Waals surface area contributed by atoms with Crippen molar-refractivity contribution in [1.29, 1.82) is 0 Å². The normalized spacial score (nSPS) is 12.4. The van der Waals surface area contributed by atoms with Crippen LogP contribution in [0.25, 0.3) is 5.70 Å². The van der Waals surface area contributed by atoms with Crippen molar-refractivity contribution in [3.63, 3.8) is 0 Å². The molecule has 3 rings (SSSR count). The van der Waals surface area contributed by atoms with E-state index in [1.807, 2.05) is 0 Å². The lowest BCUT2D eigenvalue weighted by atomic mass is 10.2. The molecule has 138 valence electrons. The molecule has 0 fully saturated rings. The maximum absolute atomic E-state index is 13.8. The SMILES string of the molecule is N/C(=C\C(=NCc1ccccc1F)c1ccon1)c1nc(Cl)c(Cl)c(=O)[nH]1. The smallest absolute Gasteiger partial charge is 0.271 e. The van der Waals surface area contributed by atoms with Gasteiger partial charge in [0, 0.05) is 11.6 Å². The zero-order chi connectivity index (χ0) is 19.4. The van der Waals surface area contributed by atoms with Crippen LogP contribution in [0.4, 0.5) is 4.39 Å². The van der Waals surface area contributed by atoms with Gasteiger partial charge >= 0.3 is 0 Å². The Labute approximate surface area is 162 Å². The Hall–Kier alpha value is -2.97. The highest BCUT2D eigenvalue weighted by atomic mass is 35.5. The van der Waals surface area contributed by atoms with Gasteiger partial charge in [0.15, 0.2) is 11.0 Å². The summed E-state index contributed by atoms with van der Waals surface area (Å²) in [6.45, 7) is 0.0456. The zero-order valence-corrected chi connectivity index (χ0v) is 15.1. The molecule has 0 aliphatic carbocycles. The van der Waals surface area contributed by atoms with Crippen LogP contribution in [0.1, 0.15) is 17.1 Å². The number of benzene rings is 1. The average Bonchev–Trinajstić information content (AvgIpc) is 3.18. The van der Waals surface area contributed by atoms with Crippen molar-refractivity contribution < 1.29 is 8.91 Å². The van der Waals surface area contributed by atoms with Crippen molar-refractivity contribution in [1.82, 2.24) is 15.1 Å². The molecule has 0 bridgehead atoms. The number of halogens is 3. The number of H-pyrrole nitrogens is 1. The minimum absolute atomic E-state index is 0.0106. The lowest BCUT2D eigenvalue weighted by Crippen LogP contribution is -2.15. The molecule has 0 saturated carbocycles. The number of allylic oxidation sites excluding steroid dienone is 1. The molecule has 10 heteroatoms. The molecule has 1 aromatic carbocycles. The number of aromatic amines is 1. The predicted octanol–water partition coefficient (Wildman–Crippen LogP) is 3.19. The summed E-state index contributed by atoms with van der Waals surface area (Å²) in [5.74, 6) is -0.371. The number of aliphatic imine (C=N–C) groups is 1. The summed E-state index contributed by atoms with van der Waals surface area (Å²) >= 11 is 11.5. The van der Waals surface area contributed by atoms with E-state index >= 15 is 0 Å². The molecule has 0 aliphatic heterocycles. The van der Waals surface area contributed by atoms with Gasteiger partial charge in [-0.2, -0.15) is 0 Å². The van der Waals surface area contributed by atoms with E-state index in [2.05, 4.69) is 20.1 Å². The van der Waals surface area contributed by atoms with E-state index < -0.39 is 5.56 Å². The monoisotopic (exact) mass is 407 g/mol. The third-order valence-corrected chi connectivity index (χ3v) is 4.19. The average molecular weight is 408 g/mol. The molecule has 3 N–H and O–H groups in total. The highest BCUT2D eigenvalue weighted by molar-refractivity contribution is 6.41. The van der Waals surface area contributed by atoms with Gasteiger partial charge in [-0.1, -0.05) is 46.6 Å². The third-order valence-electron chi connectivity index (χ3n) is 3.47. The molecule has 0 radical (unpaired) electrons. The number of hydrogen-bond acceptors (Lipinski definition) is 6. The number of rotatable bonds is 5. The second-order valence-corrected chi connectivity index (χ2v) is 6.03. The van der Waals surface area contributed by atoms with E-state index in [0.29, 0.717) is 17.0 Å². The van der Waals surface area contributed by atoms with Crippen LogP contribution in [0, 0.1) is 5.82 Å². The van der Waals surface area contributed by atoms with Crippen molar-refractivity contribution in [2.45, 2.75) is 6.54 Å². The first kappa shape index (κ1) is 18.8. The van der Waals surface area contributed by atoms with Gasteiger partial charge in [0.1, 0.15) is 22.8 Å². The topological polar surface area (TPSA) is 110 Å². The van der Waals surface area contributed by atoms with Gasteiger partial charge in [-0.15, -0.1) is 0 Å². The molecule has 2 heterocycles. The van der Waals surface area contributed by atoms with E-state index in [-0.39, 0.29) is 34.1 Å². The van der Waals surface area contributed by atoms with Crippen molar-refractivity contribution in [3.8, 4) is 0 Å². The second-order valence-electron chi connectivity index (χ2n) is 5.30. The van der Waals surface area contributed by atoms with E-state index in [9.17, 15) is 9.18 Å². The minimum Gasteiger partial charge on any atom is -0.396 e. The van der Waals surface area contributed by atoms with Gasteiger partial charge in [0.05, 0.1) is 18.0 Å². The fourth-order valence-electron chi connectivity index (χ4n) is 2.13. The second kappa shape index (κ2) is 8.15. The van der Waals surface area contributed by atoms with Crippen LogP contribution in [0.3, 0.4) is 0 Å². The third kappa shape index (κ3) is 4.42. The molecule has 0 unspecified atom stereocenters. The van der Waals surface area contributed by atoms with Crippen LogP contribution in [0.15, 0.2) is 57.0 Å². The maximum Gasteiger partial charge on any atom is 0.271 e. The summed E-state index contributed by atoms with van der Waals surface area (Å²) in [5.41, 5.74) is 6.50. The summed E-state index contributed by atoms with van der Waals surface area (Å²) in [6, 6.07) is 7.82. The molecule has 2 aromatic heterocycles. The highest BCUT2D eigenvalue weighted by Crippen LogP contribution is 2.16. The molecule has 0 aliphatic rings. The summed E-state index contributed by atoms with van der Waals surface area (Å²) in [4.78, 5) is 22.4. The van der Waals surface area contributed by atoms with Gasteiger partial charge < -0.3 is 15.2 Å². The van der Waals surface area contributed by atoms with E-state index in [1.54, 1.807) is 24.3 Å². The number of nitrogens with zero attached hydrogens (tertiary/aromatic N) is 3. The van der Waals surface area contributed by atoms with E-state index in [1.165, 1.54) is 18.4 Å². The van der Waals surface area contributed by atoms with Gasteiger partial charge in [-0.3, -0.25) is 9.79 Å². The van der Waals surface area contributed by atoms with Crippen LogP contribution < -0.4 is 11.3 Å². The highest BCUT2D eigenvalue weighted by Gasteiger charge is 2.12. The first-order chi connectivity index (χ1) is 13.0. The zero-order valence-electron chi connectivity index (χ0n) is 13.6. The summed E-state index contributed by atoms with van der Waals surface area (Å²) in [7, 11) is 0. The molecule has 27 heavy (non-hydrogen) atoms. The first-order valence-electron chi connectivity index (χ1n) is 7.57. The molecule has 3 aromatic rings. The molecule has 0 saturated heterocycles. The van der Waals surface area contributed by atoms with Gasteiger partial charge in [0.25, 0.3) is 5.56 Å². The maximum atomic E-state index is 13.8. The number of aromatic nitrogens is 3. The predicted molar refractivity (Wildman–Crippen MR) is 100 cm³/mol. The summed E-state index contributed by atoms with van der Waals surface area (Å²) in [6.07, 6.45) is 2.78. The van der Waals surface area contributed by atoms with Crippen LogP contribution in [-0.4, -0.2) is 20.8 Å². The van der Waals surface area contributed by atoms with Gasteiger partial charge in [-0.25, -0.2) is 9.37 Å². The quantitative estimate of drug-likeness (QED) is 0.498. The first-order valence-corrected chi connectivity index (χ1v) is 8.32. The Balaban J connectivity index is 1.99. The minimum atomic E-state index is -0.630. The molecule has 0 atom stereocenters. The fraction of sp³-hybridized carbons (Fsp3) is 0.0588. The van der Waals surface area contributed by atoms with E-state index in [4.69, 9.17) is 33.5 Å². The molecular weight excluding hydrogens is 396 g/mol. The number of nitrogens with two attached hydrogens (primary N) is 1. The summed E-state index contributed by atoms with van der Waals surface area (Å²) in [5, 5.41) is 3.39. The lowest BCUT2D eigenvalue weighted by molar-refractivity contribution is 0.418. The summed E-state index contributed by atoms with van der Waals surface area (Å²) < 4.78 is 18.6. The molecular formula is C17H12Cl2FN5O2. The van der Waals surface area contributed by atoms with Gasteiger partial charge in [-0.05, 0) is 12.1 Å². The Morgan fingerprint density at radius 3 is 2.78 bits per heavy atom.